The number of aliphatic hydroxyl groups is 1. The quantitative estimate of drug-likeness (QED) is 0.292. The van der Waals surface area contributed by atoms with Crippen molar-refractivity contribution in [2.24, 2.45) is 0 Å². The summed E-state index contributed by atoms with van der Waals surface area (Å²) in [7, 11) is 3.17. The Morgan fingerprint density at radius 2 is 1.82 bits per heavy atom. The molecule has 0 saturated carbocycles. The molecule has 1 heterocycles. The Morgan fingerprint density at radius 1 is 1.10 bits per heavy atom. The van der Waals surface area contributed by atoms with Crippen LogP contribution in [0.15, 0.2) is 60.7 Å². The predicted molar refractivity (Wildman–Crippen MR) is 144 cm³/mol. The lowest BCUT2D eigenvalue weighted by molar-refractivity contribution is -0.137. The number of carbonyl (C=O) groups excluding carboxylic acids is 1. The minimum absolute atomic E-state index is 0.126. The number of likely N-dealkylation sites (N-methyl/N-ethyl adjacent to an activating group) is 1. The maximum absolute atomic E-state index is 13.3. The molecule has 1 aromatic heterocycles. The van der Waals surface area contributed by atoms with E-state index in [-0.39, 0.29) is 19.1 Å². The number of aryl methyl sites for hydroxylation is 1. The number of amides is 1. The zero-order valence-electron chi connectivity index (χ0n) is 22.0. The standard InChI is InChI=1S/C29H29F3N4O3/c1-17(21-6-5-7-22(14-21)29(30,31)32)33-27-24-15-23(26(39-4)16-25(24)34-18(2)35-27)19-8-10-20(11-9-19)28(38)36(3)12-13-37/h5-11,14-17,37H,12-13H2,1-4H3,(H,33,34,35)/t17-/m1/s1. The summed E-state index contributed by atoms with van der Waals surface area (Å²) in [5.74, 6) is 1.32. The van der Waals surface area contributed by atoms with Crippen molar-refractivity contribution in [2.75, 3.05) is 32.6 Å². The highest BCUT2D eigenvalue weighted by Crippen LogP contribution is 2.37. The van der Waals surface area contributed by atoms with Gasteiger partial charge in [-0.25, -0.2) is 9.97 Å². The van der Waals surface area contributed by atoms with Gasteiger partial charge in [-0.05, 0) is 55.3 Å². The first-order chi connectivity index (χ1) is 18.5. The molecule has 1 amide bonds. The molecule has 39 heavy (non-hydrogen) atoms. The summed E-state index contributed by atoms with van der Waals surface area (Å²) in [4.78, 5) is 23.1. The van der Waals surface area contributed by atoms with E-state index in [2.05, 4.69) is 15.3 Å². The van der Waals surface area contributed by atoms with Crippen LogP contribution >= 0.6 is 0 Å². The monoisotopic (exact) mass is 538 g/mol. The Labute approximate surface area is 224 Å². The normalized spacial score (nSPS) is 12.3. The van der Waals surface area contributed by atoms with Crippen LogP contribution in [-0.4, -0.2) is 53.2 Å². The number of fused-ring (bicyclic) bond motifs is 1. The van der Waals surface area contributed by atoms with Gasteiger partial charge in [-0.15, -0.1) is 0 Å². The second kappa shape index (κ2) is 11.3. The van der Waals surface area contributed by atoms with E-state index >= 15 is 0 Å². The molecule has 1 atom stereocenters. The van der Waals surface area contributed by atoms with Crippen molar-refractivity contribution in [3.63, 3.8) is 0 Å². The zero-order valence-corrected chi connectivity index (χ0v) is 22.0. The first-order valence-corrected chi connectivity index (χ1v) is 12.3. The molecule has 0 radical (unpaired) electrons. The molecule has 7 nitrogen and oxygen atoms in total. The number of methoxy groups -OCH3 is 1. The summed E-state index contributed by atoms with van der Waals surface area (Å²) in [6.07, 6.45) is -4.44. The van der Waals surface area contributed by atoms with Gasteiger partial charge in [0.2, 0.25) is 0 Å². The smallest absolute Gasteiger partial charge is 0.416 e. The van der Waals surface area contributed by atoms with Crippen molar-refractivity contribution in [1.82, 2.24) is 14.9 Å². The van der Waals surface area contributed by atoms with Crippen LogP contribution in [0.3, 0.4) is 0 Å². The molecule has 0 aliphatic heterocycles. The Morgan fingerprint density at radius 3 is 2.46 bits per heavy atom. The summed E-state index contributed by atoms with van der Waals surface area (Å²) >= 11 is 0. The number of benzene rings is 3. The summed E-state index contributed by atoms with van der Waals surface area (Å²) < 4.78 is 45.4. The van der Waals surface area contributed by atoms with Gasteiger partial charge < -0.3 is 20.1 Å². The molecular weight excluding hydrogens is 509 g/mol. The summed E-state index contributed by atoms with van der Waals surface area (Å²) in [6.45, 7) is 3.61. The number of halogens is 3. The third-order valence-electron chi connectivity index (χ3n) is 6.42. The van der Waals surface area contributed by atoms with Crippen molar-refractivity contribution >= 4 is 22.6 Å². The van der Waals surface area contributed by atoms with E-state index in [4.69, 9.17) is 9.84 Å². The number of aromatic nitrogens is 2. The fourth-order valence-electron chi connectivity index (χ4n) is 4.31. The van der Waals surface area contributed by atoms with Gasteiger partial charge in [0.25, 0.3) is 5.91 Å². The Hall–Kier alpha value is -4.18. The number of hydrogen-bond acceptors (Lipinski definition) is 6. The third kappa shape index (κ3) is 6.12. The second-order valence-electron chi connectivity index (χ2n) is 9.21. The van der Waals surface area contributed by atoms with E-state index in [1.807, 2.05) is 6.07 Å². The minimum Gasteiger partial charge on any atom is -0.496 e. The van der Waals surface area contributed by atoms with Crippen molar-refractivity contribution in [2.45, 2.75) is 26.1 Å². The van der Waals surface area contributed by atoms with E-state index in [1.54, 1.807) is 64.4 Å². The van der Waals surface area contributed by atoms with Gasteiger partial charge in [-0.3, -0.25) is 4.79 Å². The average molecular weight is 539 g/mol. The number of hydrogen-bond donors (Lipinski definition) is 2. The second-order valence-corrected chi connectivity index (χ2v) is 9.21. The molecule has 3 aromatic carbocycles. The first kappa shape index (κ1) is 27.8. The predicted octanol–water partition coefficient (Wildman–Crippen LogP) is 5.87. The van der Waals surface area contributed by atoms with Crippen molar-refractivity contribution in [3.05, 3.63) is 83.2 Å². The van der Waals surface area contributed by atoms with E-state index in [0.717, 1.165) is 23.3 Å². The van der Waals surface area contributed by atoms with Gasteiger partial charge in [0.05, 0.1) is 24.8 Å². The molecule has 0 aliphatic rings. The Kier molecular flexibility index (Phi) is 8.06. The van der Waals surface area contributed by atoms with E-state index in [9.17, 15) is 18.0 Å². The number of carbonyl (C=O) groups is 1. The van der Waals surface area contributed by atoms with Crippen LogP contribution in [0.5, 0.6) is 5.75 Å². The van der Waals surface area contributed by atoms with Crippen LogP contribution in [0, 0.1) is 6.92 Å². The lowest BCUT2D eigenvalue weighted by Gasteiger charge is -2.19. The Balaban J connectivity index is 1.73. The number of nitrogens with zero attached hydrogens (tertiary/aromatic N) is 3. The molecule has 0 aliphatic carbocycles. The maximum Gasteiger partial charge on any atom is 0.416 e. The minimum atomic E-state index is -4.44. The third-order valence-corrected chi connectivity index (χ3v) is 6.42. The number of alkyl halides is 3. The van der Waals surface area contributed by atoms with Crippen molar-refractivity contribution in [1.29, 1.82) is 0 Å². The lowest BCUT2D eigenvalue weighted by atomic mass is 10.00. The van der Waals surface area contributed by atoms with Crippen molar-refractivity contribution in [3.8, 4) is 16.9 Å². The molecule has 2 N–H and O–H groups in total. The van der Waals surface area contributed by atoms with Crippen LogP contribution in [-0.2, 0) is 6.18 Å². The lowest BCUT2D eigenvalue weighted by Crippen LogP contribution is -2.29. The summed E-state index contributed by atoms with van der Waals surface area (Å²) in [5.41, 5.74) is 2.36. The van der Waals surface area contributed by atoms with E-state index in [1.165, 1.54) is 11.0 Å². The number of rotatable bonds is 8. The van der Waals surface area contributed by atoms with Crippen LogP contribution in [0.2, 0.25) is 0 Å². The van der Waals surface area contributed by atoms with Gasteiger partial charge in [0, 0.05) is 42.2 Å². The van der Waals surface area contributed by atoms with E-state index in [0.29, 0.717) is 39.4 Å². The molecule has 4 aromatic rings. The van der Waals surface area contributed by atoms with Gasteiger partial charge in [0.1, 0.15) is 17.4 Å². The highest BCUT2D eigenvalue weighted by atomic mass is 19.4. The molecule has 204 valence electrons. The van der Waals surface area contributed by atoms with Crippen LogP contribution in [0.25, 0.3) is 22.0 Å². The molecule has 0 saturated heterocycles. The van der Waals surface area contributed by atoms with Gasteiger partial charge in [-0.1, -0.05) is 24.3 Å². The number of aliphatic hydroxyl groups excluding tert-OH is 1. The molecule has 0 unspecified atom stereocenters. The molecule has 0 bridgehead atoms. The SMILES string of the molecule is COc1cc2nc(C)nc(N[C@H](C)c3cccc(C(F)(F)F)c3)c2cc1-c1ccc(C(=O)N(C)CCO)cc1. The number of nitrogens with one attached hydrogen (secondary N) is 1. The Bertz CT molecular complexity index is 1490. The molecule has 0 fully saturated rings. The van der Waals surface area contributed by atoms with Gasteiger partial charge >= 0.3 is 6.18 Å². The topological polar surface area (TPSA) is 87.6 Å². The van der Waals surface area contributed by atoms with Crippen molar-refractivity contribution < 1.29 is 27.8 Å². The summed E-state index contributed by atoms with van der Waals surface area (Å²) in [5, 5.41) is 13.0. The van der Waals surface area contributed by atoms with Crippen LogP contribution < -0.4 is 10.1 Å². The molecular formula is C29H29F3N4O3. The fraction of sp³-hybridized carbons (Fsp3) is 0.276. The maximum atomic E-state index is 13.3. The molecule has 4 rings (SSSR count). The van der Waals surface area contributed by atoms with Gasteiger partial charge in [-0.2, -0.15) is 13.2 Å². The average Bonchev–Trinajstić information content (AvgIpc) is 2.91. The first-order valence-electron chi connectivity index (χ1n) is 12.3. The summed E-state index contributed by atoms with van der Waals surface area (Å²) in [6, 6.07) is 15.4. The van der Waals surface area contributed by atoms with Crippen LogP contribution in [0.1, 0.15) is 40.3 Å². The molecule has 0 spiro atoms. The largest absolute Gasteiger partial charge is 0.496 e. The fourth-order valence-corrected chi connectivity index (χ4v) is 4.31. The van der Waals surface area contributed by atoms with Gasteiger partial charge in [0.15, 0.2) is 0 Å². The molecule has 10 heteroatoms. The van der Waals surface area contributed by atoms with E-state index < -0.39 is 17.8 Å². The zero-order chi connectivity index (χ0) is 28.3. The number of anilines is 1. The highest BCUT2D eigenvalue weighted by Gasteiger charge is 2.30. The highest BCUT2D eigenvalue weighted by molar-refractivity contribution is 5.97. The number of ether oxygens (including phenoxy) is 1. The van der Waals surface area contributed by atoms with Crippen LogP contribution in [0.4, 0.5) is 19.0 Å².